The first-order chi connectivity index (χ1) is 9.31. The summed E-state index contributed by atoms with van der Waals surface area (Å²) in [7, 11) is 0. The first kappa shape index (κ1) is 17.7. The van der Waals surface area contributed by atoms with E-state index in [0.717, 1.165) is 23.4 Å². The molecule has 0 aliphatic heterocycles. The van der Waals surface area contributed by atoms with Gasteiger partial charge in [0.1, 0.15) is 0 Å². The van der Waals surface area contributed by atoms with Gasteiger partial charge in [0.15, 0.2) is 0 Å². The van der Waals surface area contributed by atoms with Gasteiger partial charge < -0.3 is 5.32 Å². The molecule has 0 spiro atoms. The molecule has 0 heterocycles. The Bertz CT molecular complexity index is 377. The second-order valence-electron chi connectivity index (χ2n) is 6.99. The zero-order valence-corrected chi connectivity index (χ0v) is 15.3. The number of hydrogen-bond donors (Lipinski definition) is 1. The van der Waals surface area contributed by atoms with Crippen LogP contribution in [0.2, 0.25) is 0 Å². The van der Waals surface area contributed by atoms with Crippen LogP contribution in [-0.2, 0) is 6.42 Å². The van der Waals surface area contributed by atoms with Crippen molar-refractivity contribution in [2.45, 2.75) is 59.4 Å². The molecule has 1 aromatic rings. The molecule has 0 saturated carbocycles. The first-order valence-electron chi connectivity index (χ1n) is 7.81. The molecule has 0 aromatic heterocycles. The monoisotopic (exact) mass is 339 g/mol. The Labute approximate surface area is 133 Å². The Morgan fingerprint density at radius 3 is 2.25 bits per heavy atom. The van der Waals surface area contributed by atoms with E-state index in [1.54, 1.807) is 0 Å². The van der Waals surface area contributed by atoms with Crippen LogP contribution in [0.1, 0.15) is 53.0 Å². The van der Waals surface area contributed by atoms with Gasteiger partial charge in [-0.25, -0.2) is 0 Å². The molecule has 114 valence electrons. The molecule has 0 amide bonds. The highest BCUT2D eigenvalue weighted by Crippen LogP contribution is 2.23. The fourth-order valence-electron chi connectivity index (χ4n) is 2.53. The molecule has 20 heavy (non-hydrogen) atoms. The van der Waals surface area contributed by atoms with Crippen LogP contribution in [0.25, 0.3) is 0 Å². The molecule has 1 N–H and O–H groups in total. The van der Waals surface area contributed by atoms with Crippen molar-refractivity contribution in [1.82, 2.24) is 5.32 Å². The molecule has 1 aromatic carbocycles. The third-order valence-corrected chi connectivity index (χ3v) is 4.38. The number of nitrogens with one attached hydrogen (secondary N) is 1. The third kappa shape index (κ3) is 6.90. The van der Waals surface area contributed by atoms with Crippen molar-refractivity contribution in [3.8, 4) is 0 Å². The summed E-state index contributed by atoms with van der Waals surface area (Å²) in [5.74, 6) is 1.47. The number of halogens is 1. The topological polar surface area (TPSA) is 12.0 Å². The van der Waals surface area contributed by atoms with Crippen LogP contribution in [0.15, 0.2) is 28.7 Å². The Kier molecular flexibility index (Phi) is 7.25. The van der Waals surface area contributed by atoms with Crippen LogP contribution in [0, 0.1) is 11.8 Å². The molecule has 2 heteroatoms. The molecular weight excluding hydrogens is 310 g/mol. The number of rotatable bonds is 7. The molecule has 0 fully saturated rings. The smallest absolute Gasteiger partial charge is 0.0175 e. The molecule has 2 atom stereocenters. The van der Waals surface area contributed by atoms with Gasteiger partial charge in [0, 0.05) is 10.0 Å². The van der Waals surface area contributed by atoms with Crippen molar-refractivity contribution < 1.29 is 0 Å². The van der Waals surface area contributed by atoms with Crippen molar-refractivity contribution in [2.24, 2.45) is 11.8 Å². The summed E-state index contributed by atoms with van der Waals surface area (Å²) in [4.78, 5) is 0. The van der Waals surface area contributed by atoms with Gasteiger partial charge in [-0.3, -0.25) is 0 Å². The minimum absolute atomic E-state index is 0.198. The predicted molar refractivity (Wildman–Crippen MR) is 93.2 cm³/mol. The molecule has 1 rings (SSSR count). The Morgan fingerprint density at radius 1 is 1.15 bits per heavy atom. The fourth-order valence-corrected chi connectivity index (χ4v) is 2.79. The standard InChI is InChI=1S/C18H30BrN/c1-6-7-14(2)16(13-20-18(3,4)5)12-15-8-10-17(19)11-9-15/h8-11,14,16,20H,6-7,12-13H2,1-5H3. The first-order valence-corrected chi connectivity index (χ1v) is 8.60. The maximum Gasteiger partial charge on any atom is 0.0175 e. The highest BCUT2D eigenvalue weighted by atomic mass is 79.9. The summed E-state index contributed by atoms with van der Waals surface area (Å²) in [5.41, 5.74) is 1.64. The molecule has 2 unspecified atom stereocenters. The highest BCUT2D eigenvalue weighted by molar-refractivity contribution is 9.10. The highest BCUT2D eigenvalue weighted by Gasteiger charge is 2.19. The predicted octanol–water partition coefficient (Wildman–Crippen LogP) is 5.43. The Balaban J connectivity index is 2.68. The number of benzene rings is 1. The van der Waals surface area contributed by atoms with E-state index in [2.05, 4.69) is 80.1 Å². The van der Waals surface area contributed by atoms with E-state index in [1.165, 1.54) is 18.4 Å². The summed E-state index contributed by atoms with van der Waals surface area (Å²) in [5, 5.41) is 3.68. The number of hydrogen-bond acceptors (Lipinski definition) is 1. The van der Waals surface area contributed by atoms with Gasteiger partial charge in [0.05, 0.1) is 0 Å². The largest absolute Gasteiger partial charge is 0.312 e. The maximum absolute atomic E-state index is 3.68. The second kappa shape index (κ2) is 8.19. The molecule has 0 aliphatic rings. The van der Waals surface area contributed by atoms with Crippen LogP contribution in [-0.4, -0.2) is 12.1 Å². The Morgan fingerprint density at radius 2 is 1.75 bits per heavy atom. The minimum Gasteiger partial charge on any atom is -0.312 e. The maximum atomic E-state index is 3.68. The average molecular weight is 340 g/mol. The lowest BCUT2D eigenvalue weighted by Gasteiger charge is -2.29. The van der Waals surface area contributed by atoms with E-state index in [0.29, 0.717) is 5.92 Å². The van der Waals surface area contributed by atoms with Crippen LogP contribution >= 0.6 is 15.9 Å². The van der Waals surface area contributed by atoms with Gasteiger partial charge in [0.2, 0.25) is 0 Å². The van der Waals surface area contributed by atoms with Crippen molar-refractivity contribution in [3.05, 3.63) is 34.3 Å². The van der Waals surface area contributed by atoms with Crippen molar-refractivity contribution >= 4 is 15.9 Å². The lowest BCUT2D eigenvalue weighted by molar-refractivity contribution is 0.285. The molecular formula is C18H30BrN. The lowest BCUT2D eigenvalue weighted by Crippen LogP contribution is -2.41. The quantitative estimate of drug-likeness (QED) is 0.698. The molecule has 1 nitrogen and oxygen atoms in total. The SMILES string of the molecule is CCCC(C)C(CNC(C)(C)C)Cc1ccc(Br)cc1. The van der Waals surface area contributed by atoms with Crippen LogP contribution < -0.4 is 5.32 Å². The molecule has 0 radical (unpaired) electrons. The second-order valence-corrected chi connectivity index (χ2v) is 7.90. The van der Waals surface area contributed by atoms with Crippen molar-refractivity contribution in [1.29, 1.82) is 0 Å². The summed E-state index contributed by atoms with van der Waals surface area (Å²) < 4.78 is 1.16. The van der Waals surface area contributed by atoms with Crippen LogP contribution in [0.3, 0.4) is 0 Å². The van der Waals surface area contributed by atoms with Crippen molar-refractivity contribution in [3.63, 3.8) is 0 Å². The molecule has 0 bridgehead atoms. The van der Waals surface area contributed by atoms with Gasteiger partial charge in [-0.05, 0) is 63.3 Å². The summed E-state index contributed by atoms with van der Waals surface area (Å²) in [6, 6.07) is 8.78. The van der Waals surface area contributed by atoms with E-state index in [9.17, 15) is 0 Å². The van der Waals surface area contributed by atoms with Gasteiger partial charge in [0.25, 0.3) is 0 Å². The summed E-state index contributed by atoms with van der Waals surface area (Å²) >= 11 is 3.51. The minimum atomic E-state index is 0.198. The van der Waals surface area contributed by atoms with E-state index >= 15 is 0 Å². The van der Waals surface area contributed by atoms with E-state index in [-0.39, 0.29) is 5.54 Å². The molecule has 0 saturated heterocycles. The zero-order valence-electron chi connectivity index (χ0n) is 13.7. The summed E-state index contributed by atoms with van der Waals surface area (Å²) in [6.07, 6.45) is 3.75. The third-order valence-electron chi connectivity index (χ3n) is 3.85. The zero-order chi connectivity index (χ0) is 15.2. The van der Waals surface area contributed by atoms with Gasteiger partial charge in [-0.15, -0.1) is 0 Å². The van der Waals surface area contributed by atoms with Crippen LogP contribution in [0.5, 0.6) is 0 Å². The van der Waals surface area contributed by atoms with Crippen LogP contribution in [0.4, 0.5) is 0 Å². The normalized spacial score (nSPS) is 15.1. The summed E-state index contributed by atoms with van der Waals surface area (Å²) in [6.45, 7) is 12.5. The van der Waals surface area contributed by atoms with E-state index in [1.807, 2.05) is 0 Å². The van der Waals surface area contributed by atoms with Gasteiger partial charge >= 0.3 is 0 Å². The van der Waals surface area contributed by atoms with Crippen molar-refractivity contribution in [2.75, 3.05) is 6.54 Å². The fraction of sp³-hybridized carbons (Fsp3) is 0.667. The van der Waals surface area contributed by atoms with E-state index in [4.69, 9.17) is 0 Å². The average Bonchev–Trinajstić information content (AvgIpc) is 2.36. The molecule has 0 aliphatic carbocycles. The van der Waals surface area contributed by atoms with Gasteiger partial charge in [-0.1, -0.05) is 54.8 Å². The van der Waals surface area contributed by atoms with Gasteiger partial charge in [-0.2, -0.15) is 0 Å². The Hall–Kier alpha value is -0.340. The lowest BCUT2D eigenvalue weighted by atomic mass is 9.84. The van der Waals surface area contributed by atoms with E-state index < -0.39 is 0 Å².